The Morgan fingerprint density at radius 2 is 1.79 bits per heavy atom. The highest BCUT2D eigenvalue weighted by molar-refractivity contribution is 14.0. The molecule has 0 radical (unpaired) electrons. The standard InChI is InChI=1S/C20H26FN3O4.HI/c1-4-22-20(24-15-7-10-18(26-2)19(11-15)27-3)23-12-16(25)13-28-17-8-5-14(21)6-9-17;/h5-11,16,25H,4,12-13H2,1-3H3,(H2,22,23,24);1H. The number of guanidine groups is 1. The normalized spacial score (nSPS) is 11.8. The smallest absolute Gasteiger partial charge is 0.195 e. The van der Waals surface area contributed by atoms with Gasteiger partial charge in [0.2, 0.25) is 0 Å². The van der Waals surface area contributed by atoms with Crippen molar-refractivity contribution >= 4 is 35.6 Å². The molecule has 1 unspecified atom stereocenters. The van der Waals surface area contributed by atoms with Crippen molar-refractivity contribution < 1.29 is 23.7 Å². The molecule has 0 saturated carbocycles. The predicted octanol–water partition coefficient (Wildman–Crippen LogP) is 3.28. The lowest BCUT2D eigenvalue weighted by atomic mass is 10.2. The summed E-state index contributed by atoms with van der Waals surface area (Å²) in [5, 5.41) is 16.4. The molecule has 7 nitrogen and oxygen atoms in total. The number of hydrogen-bond donors (Lipinski definition) is 3. The second-order valence-electron chi connectivity index (χ2n) is 5.83. The van der Waals surface area contributed by atoms with Crippen molar-refractivity contribution in [1.29, 1.82) is 0 Å². The molecule has 0 aliphatic heterocycles. The Balaban J connectivity index is 0.00000420. The fraction of sp³-hybridized carbons (Fsp3) is 0.350. The summed E-state index contributed by atoms with van der Waals surface area (Å²) in [5.74, 6) is 1.88. The zero-order valence-corrected chi connectivity index (χ0v) is 19.0. The van der Waals surface area contributed by atoms with E-state index in [0.29, 0.717) is 29.8 Å². The first-order valence-corrected chi connectivity index (χ1v) is 8.89. The van der Waals surface area contributed by atoms with Gasteiger partial charge in [-0.05, 0) is 43.3 Å². The minimum atomic E-state index is -0.814. The summed E-state index contributed by atoms with van der Waals surface area (Å²) in [5.41, 5.74) is 0.759. The van der Waals surface area contributed by atoms with Crippen LogP contribution in [0.5, 0.6) is 17.2 Å². The molecular formula is C20H27FIN3O4. The summed E-state index contributed by atoms with van der Waals surface area (Å²) in [7, 11) is 3.14. The van der Waals surface area contributed by atoms with E-state index < -0.39 is 6.10 Å². The number of anilines is 1. The molecule has 2 rings (SSSR count). The number of halogens is 2. The minimum Gasteiger partial charge on any atom is -0.493 e. The van der Waals surface area contributed by atoms with Gasteiger partial charge in [-0.2, -0.15) is 0 Å². The van der Waals surface area contributed by atoms with Gasteiger partial charge in [0.15, 0.2) is 17.5 Å². The SMILES string of the molecule is CCNC(=NCC(O)COc1ccc(F)cc1)Nc1ccc(OC)c(OC)c1.I. The lowest BCUT2D eigenvalue weighted by Gasteiger charge is -2.15. The number of aliphatic hydroxyl groups is 1. The first kappa shape index (κ1) is 24.8. The minimum absolute atomic E-state index is 0. The van der Waals surface area contributed by atoms with Crippen molar-refractivity contribution in [3.63, 3.8) is 0 Å². The van der Waals surface area contributed by atoms with Gasteiger partial charge in [-0.3, -0.25) is 4.99 Å². The Bertz CT molecular complexity index is 775. The van der Waals surface area contributed by atoms with E-state index in [2.05, 4.69) is 15.6 Å². The van der Waals surface area contributed by atoms with Crippen LogP contribution in [0.2, 0.25) is 0 Å². The monoisotopic (exact) mass is 519 g/mol. The summed E-state index contributed by atoms with van der Waals surface area (Å²) in [4.78, 5) is 4.37. The molecule has 160 valence electrons. The van der Waals surface area contributed by atoms with Crippen molar-refractivity contribution in [2.45, 2.75) is 13.0 Å². The van der Waals surface area contributed by atoms with Gasteiger partial charge in [-0.25, -0.2) is 4.39 Å². The summed E-state index contributed by atoms with van der Waals surface area (Å²) < 4.78 is 28.8. The maximum atomic E-state index is 12.9. The number of aliphatic hydroxyl groups excluding tert-OH is 1. The Morgan fingerprint density at radius 3 is 2.41 bits per heavy atom. The van der Waals surface area contributed by atoms with E-state index in [1.54, 1.807) is 26.4 Å². The Kier molecular flexibility index (Phi) is 11.1. The van der Waals surface area contributed by atoms with Crippen molar-refractivity contribution in [2.75, 3.05) is 39.2 Å². The molecule has 3 N–H and O–H groups in total. The summed E-state index contributed by atoms with van der Waals surface area (Å²) >= 11 is 0. The summed E-state index contributed by atoms with van der Waals surface area (Å²) in [6.07, 6.45) is -0.814. The molecule has 29 heavy (non-hydrogen) atoms. The van der Waals surface area contributed by atoms with Crippen LogP contribution in [0.4, 0.5) is 10.1 Å². The number of ether oxygens (including phenoxy) is 3. The van der Waals surface area contributed by atoms with Crippen molar-refractivity contribution in [3.05, 3.63) is 48.3 Å². The van der Waals surface area contributed by atoms with Crippen LogP contribution >= 0.6 is 24.0 Å². The molecular weight excluding hydrogens is 492 g/mol. The summed E-state index contributed by atoms with van der Waals surface area (Å²) in [6, 6.07) is 11.0. The van der Waals surface area contributed by atoms with Crippen LogP contribution < -0.4 is 24.8 Å². The van der Waals surface area contributed by atoms with E-state index in [1.807, 2.05) is 13.0 Å². The third-order valence-corrected chi connectivity index (χ3v) is 3.71. The first-order chi connectivity index (χ1) is 13.5. The van der Waals surface area contributed by atoms with Gasteiger partial charge in [0, 0.05) is 18.3 Å². The van der Waals surface area contributed by atoms with Gasteiger partial charge in [0.25, 0.3) is 0 Å². The van der Waals surface area contributed by atoms with E-state index in [-0.39, 0.29) is 42.9 Å². The molecule has 0 amide bonds. The highest BCUT2D eigenvalue weighted by atomic mass is 127. The van der Waals surface area contributed by atoms with Crippen LogP contribution in [-0.4, -0.2) is 51.1 Å². The van der Waals surface area contributed by atoms with Gasteiger partial charge in [-0.1, -0.05) is 0 Å². The molecule has 9 heteroatoms. The number of rotatable bonds is 9. The molecule has 0 aliphatic carbocycles. The van der Waals surface area contributed by atoms with Crippen molar-refractivity contribution in [3.8, 4) is 17.2 Å². The van der Waals surface area contributed by atoms with Crippen molar-refractivity contribution in [1.82, 2.24) is 5.32 Å². The molecule has 0 aliphatic rings. The Morgan fingerprint density at radius 1 is 1.10 bits per heavy atom. The molecule has 0 saturated heterocycles. The fourth-order valence-electron chi connectivity index (χ4n) is 2.33. The molecule has 1 atom stereocenters. The highest BCUT2D eigenvalue weighted by Crippen LogP contribution is 2.29. The number of methoxy groups -OCH3 is 2. The molecule has 0 bridgehead atoms. The highest BCUT2D eigenvalue weighted by Gasteiger charge is 2.08. The maximum absolute atomic E-state index is 12.9. The van der Waals surface area contributed by atoms with Gasteiger partial charge in [0.05, 0.1) is 20.8 Å². The number of nitrogens with one attached hydrogen (secondary N) is 2. The molecule has 0 aromatic heterocycles. The lowest BCUT2D eigenvalue weighted by molar-refractivity contribution is 0.114. The van der Waals surface area contributed by atoms with E-state index in [9.17, 15) is 9.50 Å². The molecule has 0 heterocycles. The molecule has 2 aromatic carbocycles. The third kappa shape index (κ3) is 8.32. The number of hydrogen-bond acceptors (Lipinski definition) is 5. The fourth-order valence-corrected chi connectivity index (χ4v) is 2.33. The molecule has 2 aromatic rings. The van der Waals surface area contributed by atoms with Crippen LogP contribution in [0.15, 0.2) is 47.5 Å². The van der Waals surface area contributed by atoms with Gasteiger partial charge >= 0.3 is 0 Å². The van der Waals surface area contributed by atoms with Crippen molar-refractivity contribution in [2.24, 2.45) is 4.99 Å². The van der Waals surface area contributed by atoms with Crippen LogP contribution in [0.3, 0.4) is 0 Å². The van der Waals surface area contributed by atoms with Crippen LogP contribution in [0, 0.1) is 5.82 Å². The van der Waals surface area contributed by atoms with E-state index >= 15 is 0 Å². The van der Waals surface area contributed by atoms with Crippen LogP contribution in [0.1, 0.15) is 6.92 Å². The van der Waals surface area contributed by atoms with E-state index in [4.69, 9.17) is 14.2 Å². The largest absolute Gasteiger partial charge is 0.493 e. The third-order valence-electron chi connectivity index (χ3n) is 3.71. The Hall–Kier alpha value is -2.27. The maximum Gasteiger partial charge on any atom is 0.195 e. The quantitative estimate of drug-likeness (QED) is 0.268. The predicted molar refractivity (Wildman–Crippen MR) is 122 cm³/mol. The number of aliphatic imine (C=N–C) groups is 1. The zero-order valence-electron chi connectivity index (χ0n) is 16.6. The number of benzene rings is 2. The second-order valence-corrected chi connectivity index (χ2v) is 5.83. The van der Waals surface area contributed by atoms with Crippen LogP contribution in [-0.2, 0) is 0 Å². The van der Waals surface area contributed by atoms with Crippen LogP contribution in [0.25, 0.3) is 0 Å². The lowest BCUT2D eigenvalue weighted by Crippen LogP contribution is -2.32. The summed E-state index contributed by atoms with van der Waals surface area (Å²) in [6.45, 7) is 2.77. The first-order valence-electron chi connectivity index (χ1n) is 8.89. The average molecular weight is 519 g/mol. The second kappa shape index (κ2) is 13.0. The molecule has 0 fully saturated rings. The topological polar surface area (TPSA) is 84.3 Å². The van der Waals surface area contributed by atoms with Gasteiger partial charge in [-0.15, -0.1) is 24.0 Å². The van der Waals surface area contributed by atoms with Gasteiger partial charge < -0.3 is 30.0 Å². The van der Waals surface area contributed by atoms with E-state index in [1.165, 1.54) is 24.3 Å². The van der Waals surface area contributed by atoms with Gasteiger partial charge in [0.1, 0.15) is 24.3 Å². The van der Waals surface area contributed by atoms with E-state index in [0.717, 1.165) is 5.69 Å². The molecule has 0 spiro atoms. The number of nitrogens with zero attached hydrogens (tertiary/aromatic N) is 1. The Labute approximate surface area is 187 Å². The zero-order chi connectivity index (χ0) is 20.4. The average Bonchev–Trinajstić information content (AvgIpc) is 2.71.